The summed E-state index contributed by atoms with van der Waals surface area (Å²) in [6.45, 7) is 7.28. The highest BCUT2D eigenvalue weighted by Crippen LogP contribution is 2.34. The van der Waals surface area contributed by atoms with E-state index in [1.54, 1.807) is 0 Å². The lowest BCUT2D eigenvalue weighted by Gasteiger charge is -2.25. The Morgan fingerprint density at radius 2 is 1.50 bits per heavy atom. The maximum absolute atomic E-state index is 4.92. The summed E-state index contributed by atoms with van der Waals surface area (Å²) in [6, 6.07) is 17.3. The van der Waals surface area contributed by atoms with Gasteiger partial charge in [0.05, 0.1) is 13.6 Å². The number of hydrogen-bond donors (Lipinski definition) is 0. The van der Waals surface area contributed by atoms with Gasteiger partial charge in [0.2, 0.25) is 0 Å². The van der Waals surface area contributed by atoms with Gasteiger partial charge in [-0.15, -0.1) is 0 Å². The zero-order chi connectivity index (χ0) is 15.5. The van der Waals surface area contributed by atoms with Crippen molar-refractivity contribution in [2.45, 2.75) is 19.6 Å². The summed E-state index contributed by atoms with van der Waals surface area (Å²) in [5, 5.41) is 4.20. The maximum atomic E-state index is 4.92. The fourth-order valence-electron chi connectivity index (χ4n) is 3.57. The second-order valence-corrected chi connectivity index (χ2v) is 12.0. The molecule has 0 aliphatic carbocycles. The van der Waals surface area contributed by atoms with Crippen LogP contribution in [0.5, 0.6) is 0 Å². The first-order valence-electron chi connectivity index (χ1n) is 7.75. The van der Waals surface area contributed by atoms with E-state index in [1.807, 2.05) is 0 Å². The molecular weight excluding hydrogens is 284 g/mol. The summed E-state index contributed by atoms with van der Waals surface area (Å²) >= 11 is 0. The van der Waals surface area contributed by atoms with Gasteiger partial charge in [-0.25, -0.2) is 4.98 Å². The molecule has 0 bridgehead atoms. The molecule has 0 fully saturated rings. The maximum Gasteiger partial charge on any atom is 0.141 e. The Hall–Kier alpha value is -2.13. The molecule has 0 atom stereocenters. The van der Waals surface area contributed by atoms with Gasteiger partial charge in [0, 0.05) is 23.5 Å². The molecule has 2 aliphatic rings. The monoisotopic (exact) mass is 304 g/mol. The van der Waals surface area contributed by atoms with E-state index in [0.29, 0.717) is 0 Å². The van der Waals surface area contributed by atoms with E-state index >= 15 is 0 Å². The van der Waals surface area contributed by atoms with Gasteiger partial charge in [0.25, 0.3) is 0 Å². The van der Waals surface area contributed by atoms with Crippen LogP contribution in [0.25, 0.3) is 33.2 Å². The van der Waals surface area contributed by atoms with Gasteiger partial charge in [-0.3, -0.25) is 0 Å². The number of nitrogens with zero attached hydrogens (tertiary/aromatic N) is 2. The van der Waals surface area contributed by atoms with Crippen LogP contribution in [-0.2, 0) is 7.05 Å². The lowest BCUT2D eigenvalue weighted by atomic mass is 10.1. The van der Waals surface area contributed by atoms with Crippen molar-refractivity contribution in [1.82, 2.24) is 9.55 Å². The summed E-state index contributed by atoms with van der Waals surface area (Å²) < 4.78 is 2.24. The fraction of sp³-hybridized carbons (Fsp3) is 0.211. The van der Waals surface area contributed by atoms with Gasteiger partial charge in [-0.2, -0.15) is 0 Å². The van der Waals surface area contributed by atoms with Gasteiger partial charge in [0.1, 0.15) is 5.82 Å². The topological polar surface area (TPSA) is 17.8 Å². The van der Waals surface area contributed by atoms with Crippen LogP contribution in [0.2, 0.25) is 19.6 Å². The highest BCUT2D eigenvalue weighted by Gasteiger charge is 2.29. The first kappa shape index (κ1) is 13.5. The molecule has 2 aliphatic heterocycles. The number of rotatable bonds is 1. The molecule has 2 heterocycles. The zero-order valence-electron chi connectivity index (χ0n) is 13.5. The average molecular weight is 304 g/mol. The van der Waals surface area contributed by atoms with Crippen LogP contribution >= 0.6 is 0 Å². The van der Waals surface area contributed by atoms with Crippen molar-refractivity contribution >= 4 is 35.1 Å². The molecule has 0 amide bonds. The number of benzene rings is 2. The Labute approximate surface area is 131 Å². The molecule has 2 nitrogen and oxygen atoms in total. The SMILES string of the molecule is Cn1c2nc3ccccc3c-2c([Si](C)(C)C)c2ccccc21. The molecule has 0 spiro atoms. The molecule has 0 saturated heterocycles. The molecule has 3 heteroatoms. The van der Waals surface area contributed by atoms with Crippen molar-refractivity contribution in [2.75, 3.05) is 0 Å². The largest absolute Gasteiger partial charge is 0.328 e. The minimum Gasteiger partial charge on any atom is -0.328 e. The molecule has 4 rings (SSSR count). The normalized spacial score (nSPS) is 12.5. The van der Waals surface area contributed by atoms with E-state index in [-0.39, 0.29) is 0 Å². The van der Waals surface area contributed by atoms with Crippen LogP contribution in [0.3, 0.4) is 0 Å². The van der Waals surface area contributed by atoms with Crippen LogP contribution in [0, 0.1) is 0 Å². The second kappa shape index (κ2) is 4.43. The third-order valence-corrected chi connectivity index (χ3v) is 6.50. The zero-order valence-corrected chi connectivity index (χ0v) is 14.5. The van der Waals surface area contributed by atoms with E-state index in [1.165, 1.54) is 27.0 Å². The van der Waals surface area contributed by atoms with Crippen LogP contribution in [-0.4, -0.2) is 17.6 Å². The number of aryl methyl sites for hydroxylation is 1. The number of pyridine rings is 1. The molecule has 0 aromatic heterocycles. The van der Waals surface area contributed by atoms with Gasteiger partial charge in [-0.05, 0) is 22.7 Å². The molecule has 2 aromatic carbocycles. The number of para-hydroxylation sites is 2. The lowest BCUT2D eigenvalue weighted by molar-refractivity contribution is 0.941. The summed E-state index contributed by atoms with van der Waals surface area (Å²) in [7, 11) is 0.610. The van der Waals surface area contributed by atoms with Gasteiger partial charge < -0.3 is 4.57 Å². The summed E-state index contributed by atoms with van der Waals surface area (Å²) in [4.78, 5) is 4.92. The van der Waals surface area contributed by atoms with Crippen LogP contribution < -0.4 is 5.19 Å². The Morgan fingerprint density at radius 3 is 2.23 bits per heavy atom. The van der Waals surface area contributed by atoms with Gasteiger partial charge in [-0.1, -0.05) is 56.0 Å². The third kappa shape index (κ3) is 1.75. The van der Waals surface area contributed by atoms with Crippen molar-refractivity contribution < 1.29 is 0 Å². The summed E-state index contributed by atoms with van der Waals surface area (Å²) in [5.41, 5.74) is 3.73. The smallest absolute Gasteiger partial charge is 0.141 e. The molecule has 0 saturated carbocycles. The summed E-state index contributed by atoms with van der Waals surface area (Å²) in [6.07, 6.45) is 0. The van der Waals surface area contributed by atoms with E-state index < -0.39 is 8.07 Å². The Morgan fingerprint density at radius 1 is 0.864 bits per heavy atom. The van der Waals surface area contributed by atoms with Crippen molar-refractivity contribution in [3.63, 3.8) is 0 Å². The standard InChI is InChI=1S/C19H20N2Si/c1-21-16-12-8-6-10-14(16)18(22(2,3)4)17-13-9-5-7-11-15(13)20-19(17)21/h5-12H,1-4H3. The number of aromatic nitrogens is 2. The first-order valence-corrected chi connectivity index (χ1v) is 11.2. The van der Waals surface area contributed by atoms with Crippen LogP contribution in [0.4, 0.5) is 0 Å². The number of hydrogen-bond acceptors (Lipinski definition) is 1. The Balaban J connectivity index is 2.36. The quantitative estimate of drug-likeness (QED) is 0.477. The first-order chi connectivity index (χ1) is 10.5. The second-order valence-electron chi connectivity index (χ2n) is 7.03. The van der Waals surface area contributed by atoms with E-state index in [0.717, 1.165) is 11.3 Å². The highest BCUT2D eigenvalue weighted by molar-refractivity contribution is 6.91. The molecule has 110 valence electrons. The predicted octanol–water partition coefficient (Wildman–Crippen LogP) is 4.38. The molecule has 22 heavy (non-hydrogen) atoms. The third-order valence-electron chi connectivity index (χ3n) is 4.48. The predicted molar refractivity (Wildman–Crippen MR) is 97.8 cm³/mol. The fourth-order valence-corrected chi connectivity index (χ4v) is 5.58. The Bertz CT molecular complexity index is 976. The highest BCUT2D eigenvalue weighted by atomic mass is 28.3. The number of fused-ring (bicyclic) bond motifs is 4. The lowest BCUT2D eigenvalue weighted by Crippen LogP contribution is -2.40. The van der Waals surface area contributed by atoms with Crippen molar-refractivity contribution in [2.24, 2.45) is 7.05 Å². The summed E-state index contributed by atoms with van der Waals surface area (Å²) in [5.74, 6) is 1.11. The minimum absolute atomic E-state index is 1.10. The van der Waals surface area contributed by atoms with Gasteiger partial charge >= 0.3 is 0 Å². The molecular formula is C19H20N2Si. The van der Waals surface area contributed by atoms with Crippen LogP contribution in [0.15, 0.2) is 48.5 Å². The van der Waals surface area contributed by atoms with Crippen molar-refractivity contribution in [3.8, 4) is 11.4 Å². The molecule has 0 N–H and O–H groups in total. The molecule has 2 aromatic rings. The van der Waals surface area contributed by atoms with E-state index in [2.05, 4.69) is 79.8 Å². The van der Waals surface area contributed by atoms with E-state index in [9.17, 15) is 0 Å². The van der Waals surface area contributed by atoms with Crippen molar-refractivity contribution in [1.29, 1.82) is 0 Å². The van der Waals surface area contributed by atoms with E-state index in [4.69, 9.17) is 4.98 Å². The average Bonchev–Trinajstić information content (AvgIpc) is 2.86. The van der Waals surface area contributed by atoms with Crippen molar-refractivity contribution in [3.05, 3.63) is 48.5 Å². The minimum atomic E-state index is -1.52. The Kier molecular flexibility index (Phi) is 2.72. The van der Waals surface area contributed by atoms with Gasteiger partial charge in [0.15, 0.2) is 0 Å². The molecule has 0 radical (unpaired) electrons. The van der Waals surface area contributed by atoms with Crippen LogP contribution in [0.1, 0.15) is 0 Å². The molecule has 0 unspecified atom stereocenters.